The minimum atomic E-state index is -0.417. The Bertz CT molecular complexity index is 320. The topological polar surface area (TPSA) is 81.1 Å². The first kappa shape index (κ1) is 11.6. The van der Waals surface area contributed by atoms with Gasteiger partial charge in [0.15, 0.2) is 0 Å². The van der Waals surface area contributed by atoms with Gasteiger partial charge < -0.3 is 15.4 Å². The van der Waals surface area contributed by atoms with Crippen molar-refractivity contribution in [3.05, 3.63) is 22.2 Å². The summed E-state index contributed by atoms with van der Waals surface area (Å²) in [4.78, 5) is 14.3. The fourth-order valence-corrected chi connectivity index (χ4v) is 0.731. The first-order chi connectivity index (χ1) is 6.15. The molecule has 1 heterocycles. The van der Waals surface area contributed by atoms with Crippen LogP contribution in [0.25, 0.3) is 0 Å². The van der Waals surface area contributed by atoms with Crippen LogP contribution in [-0.2, 0) is 13.7 Å². The van der Waals surface area contributed by atoms with E-state index in [4.69, 9.17) is 10.8 Å². The van der Waals surface area contributed by atoms with Crippen LogP contribution < -0.4 is 11.4 Å². The Morgan fingerprint density at radius 3 is 2.62 bits per heavy atom. The van der Waals surface area contributed by atoms with E-state index >= 15 is 0 Å². The van der Waals surface area contributed by atoms with Crippen molar-refractivity contribution in [1.82, 2.24) is 9.55 Å². The molecule has 1 aromatic rings. The molecule has 0 aromatic carbocycles. The van der Waals surface area contributed by atoms with Gasteiger partial charge in [0.25, 0.3) is 0 Å². The van der Waals surface area contributed by atoms with Crippen LogP contribution in [0, 0.1) is 0 Å². The zero-order valence-corrected chi connectivity index (χ0v) is 8.11. The molecule has 0 amide bonds. The first-order valence-corrected chi connectivity index (χ1v) is 4.08. The molecule has 0 spiro atoms. The van der Waals surface area contributed by atoms with Gasteiger partial charge in [-0.2, -0.15) is 4.98 Å². The maximum Gasteiger partial charge on any atom is 0.349 e. The van der Waals surface area contributed by atoms with Gasteiger partial charge in [0.05, 0.1) is 6.61 Å². The summed E-state index contributed by atoms with van der Waals surface area (Å²) in [6.07, 6.45) is 1.46. The van der Waals surface area contributed by atoms with Gasteiger partial charge in [0, 0.05) is 18.8 Å². The zero-order valence-electron chi connectivity index (χ0n) is 8.11. The van der Waals surface area contributed by atoms with Gasteiger partial charge in [-0.1, -0.05) is 13.8 Å². The fourth-order valence-electron chi connectivity index (χ4n) is 0.731. The average Bonchev–Trinajstić information content (AvgIpc) is 2.15. The second-order valence-corrected chi connectivity index (χ2v) is 2.20. The van der Waals surface area contributed by atoms with Crippen molar-refractivity contribution in [1.29, 1.82) is 0 Å². The smallest absolute Gasteiger partial charge is 0.349 e. The Hall–Kier alpha value is -1.36. The molecule has 13 heavy (non-hydrogen) atoms. The number of aromatic nitrogens is 2. The highest BCUT2D eigenvalue weighted by Crippen LogP contribution is 2.02. The molecule has 0 aliphatic rings. The van der Waals surface area contributed by atoms with E-state index in [-0.39, 0.29) is 12.4 Å². The van der Waals surface area contributed by atoms with E-state index < -0.39 is 5.69 Å². The van der Waals surface area contributed by atoms with Crippen molar-refractivity contribution in [2.75, 3.05) is 5.73 Å². The van der Waals surface area contributed by atoms with E-state index in [0.29, 0.717) is 5.56 Å². The van der Waals surface area contributed by atoms with Crippen molar-refractivity contribution >= 4 is 5.82 Å². The normalized spacial score (nSPS) is 8.92. The summed E-state index contributed by atoms with van der Waals surface area (Å²) in [5, 5.41) is 8.70. The highest BCUT2D eigenvalue weighted by atomic mass is 16.3. The molecule has 74 valence electrons. The van der Waals surface area contributed by atoms with Crippen molar-refractivity contribution < 1.29 is 5.11 Å². The molecule has 0 saturated carbocycles. The number of anilines is 1. The van der Waals surface area contributed by atoms with Crippen LogP contribution in [0.1, 0.15) is 19.4 Å². The molecule has 0 radical (unpaired) electrons. The lowest BCUT2D eigenvalue weighted by atomic mass is 10.3. The summed E-state index contributed by atoms with van der Waals surface area (Å²) in [5.41, 5.74) is 5.36. The molecule has 0 aliphatic heterocycles. The quantitative estimate of drug-likeness (QED) is 0.639. The largest absolute Gasteiger partial charge is 0.391 e. The zero-order chi connectivity index (χ0) is 10.4. The third kappa shape index (κ3) is 2.87. The summed E-state index contributed by atoms with van der Waals surface area (Å²) in [6, 6.07) is 0. The number of aliphatic hydroxyl groups is 1. The minimum absolute atomic E-state index is 0.0931. The average molecular weight is 185 g/mol. The van der Waals surface area contributed by atoms with Crippen LogP contribution >= 0.6 is 0 Å². The fraction of sp³-hybridized carbons (Fsp3) is 0.500. The standard InChI is InChI=1S/C6H9N3O2.C2H6/c1-9-2-4(3-10)5(7)8-6(9)11;1-2/h2,10H,3H2,1H3,(H2,7,8,11);1-2H3. The number of hydrogen-bond acceptors (Lipinski definition) is 4. The molecule has 0 bridgehead atoms. The molecule has 0 unspecified atom stereocenters. The number of rotatable bonds is 1. The second-order valence-electron chi connectivity index (χ2n) is 2.20. The second kappa shape index (κ2) is 5.31. The summed E-state index contributed by atoms with van der Waals surface area (Å²) < 4.78 is 1.27. The molecule has 3 N–H and O–H groups in total. The molecule has 0 saturated heterocycles. The van der Waals surface area contributed by atoms with Crippen LogP contribution in [0.2, 0.25) is 0 Å². The first-order valence-electron chi connectivity index (χ1n) is 4.08. The number of nitrogens with two attached hydrogens (primary N) is 1. The molecule has 5 nitrogen and oxygen atoms in total. The molecule has 5 heteroatoms. The van der Waals surface area contributed by atoms with Crippen molar-refractivity contribution in [3.8, 4) is 0 Å². The molecule has 0 atom stereocenters. The summed E-state index contributed by atoms with van der Waals surface area (Å²) in [7, 11) is 1.55. The Kier molecular flexibility index (Phi) is 4.76. The monoisotopic (exact) mass is 185 g/mol. The SMILES string of the molecule is CC.Cn1cc(CO)c(N)nc1=O. The van der Waals surface area contributed by atoms with Gasteiger partial charge in [0.1, 0.15) is 5.82 Å². The lowest BCUT2D eigenvalue weighted by Gasteiger charge is -2.01. The maximum absolute atomic E-state index is 10.8. The Balaban J connectivity index is 0.000000671. The summed E-state index contributed by atoms with van der Waals surface area (Å²) in [5.74, 6) is 0.0931. The number of nitrogens with zero attached hydrogens (tertiary/aromatic N) is 2. The molecule has 1 rings (SSSR count). The molecular formula is C8H15N3O2. The summed E-state index contributed by atoms with van der Waals surface area (Å²) in [6.45, 7) is 3.80. The van der Waals surface area contributed by atoms with Crippen molar-refractivity contribution in [2.45, 2.75) is 20.5 Å². The van der Waals surface area contributed by atoms with Crippen LogP contribution in [0.4, 0.5) is 5.82 Å². The third-order valence-corrected chi connectivity index (χ3v) is 1.37. The van der Waals surface area contributed by atoms with Gasteiger partial charge in [-0.15, -0.1) is 0 Å². The molecule has 0 aliphatic carbocycles. The van der Waals surface area contributed by atoms with E-state index in [1.807, 2.05) is 13.8 Å². The number of nitrogen functional groups attached to an aromatic ring is 1. The number of aliphatic hydroxyl groups excluding tert-OH is 1. The highest BCUT2D eigenvalue weighted by Gasteiger charge is 2.00. The van der Waals surface area contributed by atoms with Gasteiger partial charge in [0.2, 0.25) is 0 Å². The van der Waals surface area contributed by atoms with Crippen LogP contribution in [0.3, 0.4) is 0 Å². The lowest BCUT2D eigenvalue weighted by molar-refractivity contribution is 0.281. The predicted octanol–water partition coefficient (Wildman–Crippen LogP) is -0.119. The van der Waals surface area contributed by atoms with E-state index in [0.717, 1.165) is 0 Å². The van der Waals surface area contributed by atoms with Crippen molar-refractivity contribution in [3.63, 3.8) is 0 Å². The van der Waals surface area contributed by atoms with E-state index in [1.54, 1.807) is 7.05 Å². The molecule has 1 aromatic heterocycles. The van der Waals surface area contributed by atoms with Crippen LogP contribution in [0.15, 0.2) is 11.0 Å². The Morgan fingerprint density at radius 2 is 2.15 bits per heavy atom. The van der Waals surface area contributed by atoms with Gasteiger partial charge in [-0.05, 0) is 0 Å². The van der Waals surface area contributed by atoms with E-state index in [2.05, 4.69) is 4.98 Å². The molecular weight excluding hydrogens is 170 g/mol. The van der Waals surface area contributed by atoms with Gasteiger partial charge >= 0.3 is 5.69 Å². The number of hydrogen-bond donors (Lipinski definition) is 2. The minimum Gasteiger partial charge on any atom is -0.391 e. The maximum atomic E-state index is 10.8. The van der Waals surface area contributed by atoms with Gasteiger partial charge in [-0.25, -0.2) is 4.79 Å². The van der Waals surface area contributed by atoms with Crippen molar-refractivity contribution in [2.24, 2.45) is 7.05 Å². The summed E-state index contributed by atoms with van der Waals surface area (Å²) >= 11 is 0. The van der Waals surface area contributed by atoms with Crippen LogP contribution in [-0.4, -0.2) is 14.7 Å². The predicted molar refractivity (Wildman–Crippen MR) is 51.2 cm³/mol. The Labute approximate surface area is 76.8 Å². The highest BCUT2D eigenvalue weighted by molar-refractivity contribution is 5.35. The van der Waals surface area contributed by atoms with E-state index in [1.165, 1.54) is 10.8 Å². The lowest BCUT2D eigenvalue weighted by Crippen LogP contribution is -2.22. The Morgan fingerprint density at radius 1 is 1.62 bits per heavy atom. The van der Waals surface area contributed by atoms with Gasteiger partial charge in [-0.3, -0.25) is 0 Å². The third-order valence-electron chi connectivity index (χ3n) is 1.37. The molecule has 0 fully saturated rings. The van der Waals surface area contributed by atoms with E-state index in [9.17, 15) is 4.79 Å². The number of aryl methyl sites for hydroxylation is 1. The van der Waals surface area contributed by atoms with Crippen LogP contribution in [0.5, 0.6) is 0 Å².